The van der Waals surface area contributed by atoms with Gasteiger partial charge in [0.25, 0.3) is 10.0 Å². The van der Waals surface area contributed by atoms with Gasteiger partial charge < -0.3 is 4.90 Å². The summed E-state index contributed by atoms with van der Waals surface area (Å²) in [5, 5.41) is 0.771. The summed E-state index contributed by atoms with van der Waals surface area (Å²) in [6.07, 6.45) is 9.67. The van der Waals surface area contributed by atoms with Crippen molar-refractivity contribution in [3.05, 3.63) is 48.4 Å². The van der Waals surface area contributed by atoms with E-state index in [-0.39, 0.29) is 4.90 Å². The number of hydrogen-bond donors (Lipinski definition) is 0. The number of benzene rings is 1. The van der Waals surface area contributed by atoms with Crippen molar-refractivity contribution in [3.63, 3.8) is 0 Å². The summed E-state index contributed by atoms with van der Waals surface area (Å²) in [4.78, 5) is 11.3. The fourth-order valence-electron chi connectivity index (χ4n) is 4.45. The Kier molecular flexibility index (Phi) is 5.92. The number of fused-ring (bicyclic) bond motifs is 1. The highest BCUT2D eigenvalue weighted by Crippen LogP contribution is 2.38. The van der Waals surface area contributed by atoms with Crippen LogP contribution in [0.25, 0.3) is 11.0 Å². The summed E-state index contributed by atoms with van der Waals surface area (Å²) in [5.74, 6) is 5.15. The Morgan fingerprint density at radius 3 is 2.56 bits per heavy atom. The molecule has 0 amide bonds. The van der Waals surface area contributed by atoms with Crippen LogP contribution in [0.15, 0.2) is 47.8 Å². The maximum Gasteiger partial charge on any atom is 0.269 e. The Bertz CT molecular complexity index is 1200. The first-order chi connectivity index (χ1) is 15.4. The number of rotatable bonds is 9. The molecule has 2 aromatic heterocycles. The maximum absolute atomic E-state index is 13.2. The van der Waals surface area contributed by atoms with Gasteiger partial charge in [-0.1, -0.05) is 30.5 Å². The van der Waals surface area contributed by atoms with Crippen LogP contribution in [-0.2, 0) is 10.0 Å². The van der Waals surface area contributed by atoms with Crippen LogP contribution >= 0.6 is 11.8 Å². The SMILES string of the molecule is Cc1ccc(S(=O)(=O)n2ccc3c(N(C)C4CC(CSCCC5CC5)C4)ncnc32)cc1. The second-order valence-electron chi connectivity index (χ2n) is 9.27. The van der Waals surface area contributed by atoms with Crippen molar-refractivity contribution < 1.29 is 8.42 Å². The molecule has 0 radical (unpaired) electrons. The molecule has 6 nitrogen and oxygen atoms in total. The van der Waals surface area contributed by atoms with Crippen LogP contribution in [0.2, 0.25) is 0 Å². The van der Waals surface area contributed by atoms with E-state index in [1.165, 1.54) is 53.9 Å². The molecule has 0 bridgehead atoms. The molecule has 32 heavy (non-hydrogen) atoms. The molecular formula is C24H30N4O2S2. The molecule has 2 heterocycles. The molecule has 1 aromatic carbocycles. The third-order valence-electron chi connectivity index (χ3n) is 6.82. The van der Waals surface area contributed by atoms with Crippen molar-refractivity contribution in [1.29, 1.82) is 0 Å². The lowest BCUT2D eigenvalue weighted by Gasteiger charge is -2.41. The first kappa shape index (κ1) is 21.8. The second-order valence-corrected chi connectivity index (χ2v) is 12.2. The van der Waals surface area contributed by atoms with Crippen molar-refractivity contribution >= 4 is 38.6 Å². The number of aromatic nitrogens is 3. The van der Waals surface area contributed by atoms with E-state index in [1.807, 2.05) is 25.1 Å². The van der Waals surface area contributed by atoms with Gasteiger partial charge in [0, 0.05) is 19.3 Å². The molecule has 2 aliphatic rings. The fraction of sp³-hybridized carbons (Fsp3) is 0.500. The van der Waals surface area contributed by atoms with E-state index in [1.54, 1.807) is 18.3 Å². The van der Waals surface area contributed by atoms with Crippen molar-refractivity contribution in [2.75, 3.05) is 23.5 Å². The normalized spacial score (nSPS) is 20.9. The molecule has 0 N–H and O–H groups in total. The molecule has 5 rings (SSSR count). The van der Waals surface area contributed by atoms with Gasteiger partial charge in [-0.2, -0.15) is 11.8 Å². The smallest absolute Gasteiger partial charge is 0.269 e. The first-order valence-electron chi connectivity index (χ1n) is 11.4. The van der Waals surface area contributed by atoms with E-state index in [0.29, 0.717) is 11.7 Å². The largest absolute Gasteiger partial charge is 0.356 e. The van der Waals surface area contributed by atoms with Crippen LogP contribution in [0, 0.1) is 18.8 Å². The lowest BCUT2D eigenvalue weighted by atomic mass is 9.81. The minimum Gasteiger partial charge on any atom is -0.356 e. The average molecular weight is 471 g/mol. The topological polar surface area (TPSA) is 68.1 Å². The Morgan fingerprint density at radius 1 is 1.09 bits per heavy atom. The predicted octanol–water partition coefficient (Wildman–Crippen LogP) is 4.72. The van der Waals surface area contributed by atoms with Gasteiger partial charge in [-0.05, 0) is 67.7 Å². The molecule has 170 valence electrons. The zero-order valence-corrected chi connectivity index (χ0v) is 20.3. The zero-order chi connectivity index (χ0) is 22.3. The summed E-state index contributed by atoms with van der Waals surface area (Å²) in [7, 11) is -1.65. The lowest BCUT2D eigenvalue weighted by molar-refractivity contribution is 0.286. The van der Waals surface area contributed by atoms with Gasteiger partial charge in [-0.3, -0.25) is 0 Å². The fourth-order valence-corrected chi connectivity index (χ4v) is 7.02. The second kappa shape index (κ2) is 8.71. The van der Waals surface area contributed by atoms with E-state index in [9.17, 15) is 8.42 Å². The van der Waals surface area contributed by atoms with Crippen LogP contribution in [0.1, 0.15) is 37.7 Å². The number of thioether (sulfide) groups is 1. The molecule has 0 atom stereocenters. The number of hydrogen-bond acceptors (Lipinski definition) is 6. The van der Waals surface area contributed by atoms with Crippen LogP contribution in [-0.4, -0.2) is 47.0 Å². The molecule has 0 spiro atoms. The highest BCUT2D eigenvalue weighted by molar-refractivity contribution is 7.99. The van der Waals surface area contributed by atoms with Gasteiger partial charge in [0.1, 0.15) is 12.1 Å². The number of anilines is 1. The quantitative estimate of drug-likeness (QED) is 0.421. The van der Waals surface area contributed by atoms with Gasteiger partial charge in [-0.15, -0.1) is 0 Å². The summed E-state index contributed by atoms with van der Waals surface area (Å²) in [6, 6.07) is 9.16. The molecule has 2 saturated carbocycles. The van der Waals surface area contributed by atoms with E-state index >= 15 is 0 Å². The first-order valence-corrected chi connectivity index (χ1v) is 14.0. The molecule has 0 aliphatic heterocycles. The van der Waals surface area contributed by atoms with Gasteiger partial charge >= 0.3 is 0 Å². The van der Waals surface area contributed by atoms with E-state index < -0.39 is 10.0 Å². The predicted molar refractivity (Wildman–Crippen MR) is 131 cm³/mol. The van der Waals surface area contributed by atoms with Crippen molar-refractivity contribution in [2.45, 2.75) is 50.0 Å². The number of nitrogens with zero attached hydrogens (tertiary/aromatic N) is 4. The van der Waals surface area contributed by atoms with Crippen molar-refractivity contribution in [3.8, 4) is 0 Å². The summed E-state index contributed by atoms with van der Waals surface area (Å²) in [6.45, 7) is 1.94. The summed E-state index contributed by atoms with van der Waals surface area (Å²) >= 11 is 2.11. The standard InChI is InChI=1S/C24H30N4O2S2/c1-17-3-7-21(8-4-17)32(29,30)28-11-9-22-23(25-16-26-24(22)28)27(2)20-13-19(14-20)15-31-12-10-18-5-6-18/h3-4,7-9,11,16,18-20H,5-6,10,12-15H2,1-2H3. The molecular weight excluding hydrogens is 440 g/mol. The minimum absolute atomic E-state index is 0.259. The maximum atomic E-state index is 13.2. The van der Waals surface area contributed by atoms with Gasteiger partial charge in [0.15, 0.2) is 5.65 Å². The van der Waals surface area contributed by atoms with Gasteiger partial charge in [0.05, 0.1) is 10.3 Å². The van der Waals surface area contributed by atoms with Gasteiger partial charge in [-0.25, -0.2) is 22.4 Å². The van der Waals surface area contributed by atoms with Crippen LogP contribution in [0.3, 0.4) is 0 Å². The molecule has 2 fully saturated rings. The highest BCUT2D eigenvalue weighted by atomic mass is 32.2. The zero-order valence-electron chi connectivity index (χ0n) is 18.6. The molecule has 0 unspecified atom stereocenters. The summed E-state index contributed by atoms with van der Waals surface area (Å²) in [5.41, 5.74) is 1.45. The summed E-state index contributed by atoms with van der Waals surface area (Å²) < 4.78 is 27.7. The van der Waals surface area contributed by atoms with Crippen molar-refractivity contribution in [2.24, 2.45) is 11.8 Å². The lowest BCUT2D eigenvalue weighted by Crippen LogP contribution is -2.44. The minimum atomic E-state index is -3.71. The van der Waals surface area contributed by atoms with Gasteiger partial charge in [0.2, 0.25) is 0 Å². The Hall–Kier alpha value is -2.06. The highest BCUT2D eigenvalue weighted by Gasteiger charge is 2.33. The Balaban J connectivity index is 1.29. The third kappa shape index (κ3) is 4.27. The van der Waals surface area contributed by atoms with E-state index in [4.69, 9.17) is 0 Å². The van der Waals surface area contributed by atoms with Crippen LogP contribution < -0.4 is 4.90 Å². The Morgan fingerprint density at radius 2 is 1.84 bits per heavy atom. The molecule has 3 aromatic rings. The van der Waals surface area contributed by atoms with Crippen LogP contribution in [0.5, 0.6) is 0 Å². The third-order valence-corrected chi connectivity index (χ3v) is 9.73. The molecule has 8 heteroatoms. The number of aryl methyl sites for hydroxylation is 1. The Labute approximate surface area is 194 Å². The van der Waals surface area contributed by atoms with Crippen LogP contribution in [0.4, 0.5) is 5.82 Å². The van der Waals surface area contributed by atoms with E-state index in [0.717, 1.165) is 28.6 Å². The van der Waals surface area contributed by atoms with Crippen molar-refractivity contribution in [1.82, 2.24) is 13.9 Å². The molecule has 0 saturated heterocycles. The van der Waals surface area contributed by atoms with E-state index in [2.05, 4.69) is 33.7 Å². The average Bonchev–Trinajstić information content (AvgIpc) is 3.47. The monoisotopic (exact) mass is 470 g/mol. The molecule has 2 aliphatic carbocycles.